The monoisotopic (exact) mass is 1130 g/mol. The van der Waals surface area contributed by atoms with E-state index in [2.05, 4.69) is 90.5 Å². The van der Waals surface area contributed by atoms with Crippen LogP contribution in [0.1, 0.15) is 84.4 Å². The van der Waals surface area contributed by atoms with Crippen LogP contribution in [0.3, 0.4) is 0 Å². The van der Waals surface area contributed by atoms with Gasteiger partial charge < -0.3 is 60.3 Å². The number of aliphatic hydroxyl groups excluding tert-OH is 1. The number of anilines is 2. The zero-order chi connectivity index (χ0) is 55.8. The van der Waals surface area contributed by atoms with Crippen molar-refractivity contribution in [2.75, 3.05) is 71.1 Å². The summed E-state index contributed by atoms with van der Waals surface area (Å²) in [7, 11) is -10.9. The van der Waals surface area contributed by atoms with Crippen molar-refractivity contribution in [2.24, 2.45) is 0 Å². The number of imidazole rings is 1. The summed E-state index contributed by atoms with van der Waals surface area (Å²) in [4.78, 5) is 94.9. The molecule has 3 aliphatic rings. The summed E-state index contributed by atoms with van der Waals surface area (Å²) in [6, 6.07) is 18.9. The molecular weight excluding hydrogens is 1060 g/mol. The van der Waals surface area contributed by atoms with Gasteiger partial charge >= 0.3 is 29.4 Å². The van der Waals surface area contributed by atoms with Crippen molar-refractivity contribution in [2.45, 2.75) is 76.4 Å². The number of nitrogen functional groups attached to an aromatic ring is 1. The minimum atomic E-state index is -5.62. The van der Waals surface area contributed by atoms with E-state index in [1.807, 2.05) is 38.4 Å². The summed E-state index contributed by atoms with van der Waals surface area (Å²) in [6.07, 6.45) is -2.94. The van der Waals surface area contributed by atoms with E-state index in [1.165, 1.54) is 32.9 Å². The highest BCUT2D eigenvalue weighted by Crippen LogP contribution is 2.61. The Labute approximate surface area is 442 Å². The van der Waals surface area contributed by atoms with Gasteiger partial charge in [-0.1, -0.05) is 38.1 Å². The van der Waals surface area contributed by atoms with E-state index < -0.39 is 60.6 Å². The first-order valence-electron chi connectivity index (χ1n) is 24.6. The predicted molar refractivity (Wildman–Crippen MR) is 281 cm³/mol. The predicted octanol–water partition coefficient (Wildman–Crippen LogP) is 1.76. The van der Waals surface area contributed by atoms with Gasteiger partial charge in [-0.2, -0.15) is 4.31 Å². The summed E-state index contributed by atoms with van der Waals surface area (Å²) in [5.74, 6) is -0.581. The van der Waals surface area contributed by atoms with E-state index in [9.17, 15) is 43.0 Å². The Morgan fingerprint density at radius 2 is 1.70 bits per heavy atom. The molecule has 2 aliphatic heterocycles. The Kier molecular flexibility index (Phi) is 16.9. The number of benzene rings is 3. The van der Waals surface area contributed by atoms with E-state index >= 15 is 0 Å². The summed E-state index contributed by atoms with van der Waals surface area (Å²) in [5.41, 5.74) is 13.9. The van der Waals surface area contributed by atoms with Crippen molar-refractivity contribution < 1.29 is 71.1 Å². The molecule has 0 bridgehead atoms. The smallest absolute Gasteiger partial charge is 0.439 e. The molecule has 2 unspecified atom stereocenters. The first-order chi connectivity index (χ1) is 36.3. The van der Waals surface area contributed by atoms with Gasteiger partial charge in [0, 0.05) is 81.9 Å². The molecule has 6 atom stereocenters. The molecular formula is C48H63N11O15P3+. The van der Waals surface area contributed by atoms with Crippen LogP contribution in [0.15, 0.2) is 67.3 Å². The van der Waals surface area contributed by atoms with E-state index in [0.717, 1.165) is 64.7 Å². The van der Waals surface area contributed by atoms with Gasteiger partial charge in [0.2, 0.25) is 11.3 Å². The number of nitrogens with one attached hydrogen (secondary N) is 3. The largest absolute Gasteiger partial charge is 0.480 e. The summed E-state index contributed by atoms with van der Waals surface area (Å²) in [6.45, 7) is 7.65. The number of rotatable bonds is 20. The van der Waals surface area contributed by atoms with Gasteiger partial charge in [0.25, 0.3) is 5.91 Å². The van der Waals surface area contributed by atoms with Crippen molar-refractivity contribution >= 4 is 69.5 Å². The number of aliphatic hydroxyl groups is 1. The average molecular weight is 1130 g/mol. The van der Waals surface area contributed by atoms with Crippen LogP contribution in [0.25, 0.3) is 16.7 Å². The van der Waals surface area contributed by atoms with E-state index in [-0.39, 0.29) is 60.3 Å². The normalized spacial score (nSPS) is 20.3. The van der Waals surface area contributed by atoms with Crippen molar-refractivity contribution in [3.05, 3.63) is 111 Å². The molecule has 5 aromatic rings. The highest BCUT2D eigenvalue weighted by atomic mass is 31.3. The third kappa shape index (κ3) is 12.7. The van der Waals surface area contributed by atoms with Crippen LogP contribution in [0, 0.1) is 0 Å². The summed E-state index contributed by atoms with van der Waals surface area (Å²) < 4.78 is 59.4. The van der Waals surface area contributed by atoms with Gasteiger partial charge in [0.15, 0.2) is 23.8 Å². The first-order valence-corrected chi connectivity index (χ1v) is 29.3. The van der Waals surface area contributed by atoms with Crippen molar-refractivity contribution in [3.8, 4) is 0 Å². The quantitative estimate of drug-likeness (QED) is 0.0304. The lowest BCUT2D eigenvalue weighted by atomic mass is 9.68. The molecule has 2 aromatic heterocycles. The SMILES string of the molecule is CC[N+]1=c2cc3c(cc2CCC1)=C(c1ccccc1C(=O)N(C)CCCC(=O)NCCNC(=O)O[C@@H]1[C@H](O)[C@@H](COP(=O)(O)OP(=O)(O)NP(=O)(O)O)O[C@H]1n1cnc2c(N)ncnc21)c1ccc(N(C)C)cc1C3(C)C. The van der Waals surface area contributed by atoms with Crippen molar-refractivity contribution in [1.82, 2.24) is 44.5 Å². The van der Waals surface area contributed by atoms with Crippen LogP contribution in [0.2, 0.25) is 0 Å². The van der Waals surface area contributed by atoms with Crippen LogP contribution in [-0.2, 0) is 48.6 Å². The fraction of sp³-hybridized carbons (Fsp3) is 0.438. The lowest BCUT2D eigenvalue weighted by molar-refractivity contribution is -0.121. The molecule has 10 N–H and O–H groups in total. The molecule has 8 rings (SSSR count). The van der Waals surface area contributed by atoms with Crippen LogP contribution >= 0.6 is 23.3 Å². The van der Waals surface area contributed by atoms with Crippen molar-refractivity contribution in [3.63, 3.8) is 0 Å². The Bertz CT molecular complexity index is 3390. The number of phosphoric ester groups is 1. The molecule has 4 heterocycles. The standard InChI is InChI=1S/C48H62N11O15P3/c1-7-58-21-10-12-28-22-33-35(24-36(28)58)48(2,3)34-23-29(56(4)5)16-17-32(34)39(33)30-13-8-9-14-31(30)45(62)57(6)20-11-15-38(60)50-18-19-51-47(63)73-42-41(61)37(25-71-77(69,70)74-76(67,68)55-75(64,65)66)72-46(42)59-27-54-40-43(49)52-26-53-44(40)59/h8-9,13-14,16-17,22-24,26-27,37,41-42,46,61H,7,10-12,15,18-21,25H2,1-6H3,(H8-,49,50,51,52,53,55,60,63,64,65,66,67,68,69,70)/p+1/t37-,41-,42-,46-/m1/s1. The zero-order valence-electron chi connectivity index (χ0n) is 43.1. The second-order valence-corrected chi connectivity index (χ2v) is 24.3. The molecule has 3 amide bonds. The molecule has 77 heavy (non-hydrogen) atoms. The molecule has 414 valence electrons. The molecule has 3 aromatic carbocycles. The van der Waals surface area contributed by atoms with Gasteiger partial charge in [0.1, 0.15) is 37.1 Å². The maximum Gasteiger partial charge on any atom is 0.480 e. The first kappa shape index (κ1) is 57.2. The van der Waals surface area contributed by atoms with Crippen LogP contribution in [0.5, 0.6) is 0 Å². The molecule has 29 heteroatoms. The minimum Gasteiger partial charge on any atom is -0.439 e. The number of carbonyl (C=O) groups excluding carboxylic acids is 3. The third-order valence-corrected chi connectivity index (χ3v) is 17.9. The van der Waals surface area contributed by atoms with Gasteiger partial charge in [-0.3, -0.25) is 18.7 Å². The molecule has 1 aliphatic carbocycles. The third-order valence-electron chi connectivity index (χ3n) is 13.7. The van der Waals surface area contributed by atoms with Gasteiger partial charge in [-0.25, -0.2) is 38.0 Å². The van der Waals surface area contributed by atoms with Gasteiger partial charge in [0.05, 0.1) is 12.9 Å². The number of aryl methyl sites for hydroxylation is 1. The van der Waals surface area contributed by atoms with Crippen LogP contribution < -0.4 is 41.3 Å². The zero-order valence-corrected chi connectivity index (χ0v) is 45.8. The number of hydrogen-bond donors (Lipinski definition) is 9. The second kappa shape index (κ2) is 22.8. The number of carbonyl (C=O) groups is 3. The molecule has 26 nitrogen and oxygen atoms in total. The lowest BCUT2D eigenvalue weighted by Crippen LogP contribution is -2.43. The topological polar surface area (TPSA) is 356 Å². The maximum absolute atomic E-state index is 14.5. The molecule has 0 spiro atoms. The number of alkyl carbamates (subject to hydrolysis) is 1. The average Bonchev–Trinajstić information content (AvgIpc) is 3.96. The second-order valence-electron chi connectivity index (χ2n) is 19.5. The highest BCUT2D eigenvalue weighted by Gasteiger charge is 2.50. The number of fused-ring (bicyclic) bond motifs is 4. The number of amides is 3. The van der Waals surface area contributed by atoms with E-state index in [4.69, 9.17) is 29.5 Å². The number of hydrogen-bond acceptors (Lipinski definition) is 16. The number of phosphoric acid groups is 1. The maximum atomic E-state index is 14.5. The van der Waals surface area contributed by atoms with Crippen molar-refractivity contribution in [1.29, 1.82) is 0 Å². The Hall–Kier alpha value is -5.98. The number of aromatic nitrogens is 4. The highest BCUT2D eigenvalue weighted by molar-refractivity contribution is 7.70. The Balaban J connectivity index is 0.891. The van der Waals surface area contributed by atoms with Crippen LogP contribution in [-0.4, -0.2) is 146 Å². The molecule has 1 saturated heterocycles. The summed E-state index contributed by atoms with van der Waals surface area (Å²) in [5, 5.41) is 18.8. The number of nitrogens with zero attached hydrogens (tertiary/aromatic N) is 7. The minimum absolute atomic E-state index is 0.0290. The molecule has 0 radical (unpaired) electrons. The fourth-order valence-electron chi connectivity index (χ4n) is 9.96. The molecule has 0 saturated carbocycles. The van der Waals surface area contributed by atoms with E-state index in [0.29, 0.717) is 12.0 Å². The van der Waals surface area contributed by atoms with Gasteiger partial charge in [-0.05, 0) is 77.1 Å². The number of nitrogens with two attached hydrogens (primary N) is 1. The lowest BCUT2D eigenvalue weighted by Gasteiger charge is -2.36. The number of ether oxygens (including phenoxy) is 2. The summed E-state index contributed by atoms with van der Waals surface area (Å²) >= 11 is 0. The Morgan fingerprint density at radius 1 is 0.961 bits per heavy atom. The molecule has 1 fully saturated rings. The van der Waals surface area contributed by atoms with E-state index in [1.54, 1.807) is 11.9 Å². The van der Waals surface area contributed by atoms with Gasteiger partial charge in [-0.15, -0.1) is 4.86 Å². The fourth-order valence-corrected chi connectivity index (χ4v) is 13.4. The Morgan fingerprint density at radius 3 is 2.43 bits per heavy atom. The van der Waals surface area contributed by atoms with Crippen LogP contribution in [0.4, 0.5) is 16.3 Å².